The van der Waals surface area contributed by atoms with Crippen LogP contribution < -0.4 is 0 Å². The van der Waals surface area contributed by atoms with Crippen LogP contribution in [0.1, 0.15) is 22.9 Å². The lowest BCUT2D eigenvalue weighted by Gasteiger charge is -2.06. The molecule has 1 aromatic heterocycles. The first-order valence-electron chi connectivity index (χ1n) is 4.65. The molecule has 0 aliphatic carbocycles. The molecule has 0 radical (unpaired) electrons. The summed E-state index contributed by atoms with van der Waals surface area (Å²) < 4.78 is 39.6. The van der Waals surface area contributed by atoms with E-state index < -0.39 is 18.9 Å². The summed E-state index contributed by atoms with van der Waals surface area (Å²) in [4.78, 5) is 4.67. The summed E-state index contributed by atoms with van der Waals surface area (Å²) in [7, 11) is 0. The van der Waals surface area contributed by atoms with Gasteiger partial charge in [-0.05, 0) is 6.92 Å². The van der Waals surface area contributed by atoms with Gasteiger partial charge in [0.05, 0.1) is 22.6 Å². The van der Waals surface area contributed by atoms with Crippen LogP contribution in [0, 0.1) is 0 Å². The normalized spacial score (nSPS) is 14.1. The third-order valence-electron chi connectivity index (χ3n) is 1.71. The van der Waals surface area contributed by atoms with E-state index >= 15 is 0 Å². The van der Waals surface area contributed by atoms with Crippen LogP contribution in [0.4, 0.5) is 13.2 Å². The summed E-state index contributed by atoms with van der Waals surface area (Å²) in [6.07, 6.45) is -3.03. The molecule has 0 saturated carbocycles. The summed E-state index contributed by atoms with van der Waals surface area (Å²) in [5.74, 6) is 0. The molecule has 0 aliphatic rings. The largest absolute Gasteiger partial charge is 0.411 e. The number of rotatable bonds is 5. The van der Waals surface area contributed by atoms with Crippen molar-refractivity contribution in [1.29, 1.82) is 0 Å². The Morgan fingerprint density at radius 1 is 1.56 bits per heavy atom. The highest BCUT2D eigenvalue weighted by atomic mass is 32.1. The Morgan fingerprint density at radius 2 is 2.25 bits per heavy atom. The average molecular weight is 255 g/mol. The predicted octanol–water partition coefficient (Wildman–Crippen LogP) is 2.32. The van der Waals surface area contributed by atoms with Crippen molar-refractivity contribution in [3.8, 4) is 0 Å². The number of thiazole rings is 1. The van der Waals surface area contributed by atoms with Gasteiger partial charge in [0.1, 0.15) is 6.61 Å². The van der Waals surface area contributed by atoms with E-state index in [1.807, 2.05) is 0 Å². The minimum Gasteiger partial charge on any atom is -0.388 e. The molecular weight excluding hydrogens is 243 g/mol. The fourth-order valence-corrected chi connectivity index (χ4v) is 1.82. The van der Waals surface area contributed by atoms with Crippen molar-refractivity contribution in [1.82, 2.24) is 4.98 Å². The third kappa shape index (κ3) is 4.91. The van der Waals surface area contributed by atoms with E-state index in [1.54, 1.807) is 6.92 Å². The van der Waals surface area contributed by atoms with E-state index in [1.165, 1.54) is 17.5 Å². The second kappa shape index (κ2) is 5.60. The molecule has 1 rings (SSSR count). The summed E-state index contributed by atoms with van der Waals surface area (Å²) in [6, 6.07) is 0. The van der Waals surface area contributed by atoms with Crippen LogP contribution in [0.15, 0.2) is 6.20 Å². The molecule has 0 aliphatic heterocycles. The van der Waals surface area contributed by atoms with Gasteiger partial charge in [-0.15, -0.1) is 11.3 Å². The van der Waals surface area contributed by atoms with Gasteiger partial charge in [0.2, 0.25) is 0 Å². The van der Waals surface area contributed by atoms with Crippen molar-refractivity contribution < 1.29 is 23.0 Å². The zero-order valence-corrected chi connectivity index (χ0v) is 9.44. The van der Waals surface area contributed by atoms with Crippen LogP contribution in [0.3, 0.4) is 0 Å². The van der Waals surface area contributed by atoms with Crippen LogP contribution >= 0.6 is 11.3 Å². The first-order chi connectivity index (χ1) is 7.38. The number of hydrogen-bond acceptors (Lipinski definition) is 4. The molecule has 1 atom stereocenters. The van der Waals surface area contributed by atoms with Gasteiger partial charge in [0.15, 0.2) is 0 Å². The molecule has 16 heavy (non-hydrogen) atoms. The number of aliphatic hydroxyl groups is 1. The molecule has 0 fully saturated rings. The van der Waals surface area contributed by atoms with Crippen LogP contribution in [0.5, 0.6) is 0 Å². The lowest BCUT2D eigenvalue weighted by atomic mass is 10.4. The van der Waals surface area contributed by atoms with Crippen molar-refractivity contribution >= 4 is 11.3 Å². The Hall–Kier alpha value is -0.660. The number of hydrogen-bond donors (Lipinski definition) is 1. The van der Waals surface area contributed by atoms with E-state index in [4.69, 9.17) is 0 Å². The lowest BCUT2D eigenvalue weighted by Crippen LogP contribution is -2.17. The van der Waals surface area contributed by atoms with Crippen molar-refractivity contribution in [2.75, 3.05) is 13.2 Å². The molecular formula is C9H12F3NO2S. The van der Waals surface area contributed by atoms with Gasteiger partial charge in [-0.1, -0.05) is 0 Å². The van der Waals surface area contributed by atoms with Gasteiger partial charge in [-0.2, -0.15) is 13.2 Å². The van der Waals surface area contributed by atoms with E-state index in [0.29, 0.717) is 16.3 Å². The van der Waals surface area contributed by atoms with E-state index in [-0.39, 0.29) is 6.61 Å². The Balaban J connectivity index is 2.27. The second-order valence-electron chi connectivity index (χ2n) is 3.25. The summed E-state index contributed by atoms with van der Waals surface area (Å²) in [5.41, 5.74) is 0. The molecule has 1 N–H and O–H groups in total. The predicted molar refractivity (Wildman–Crippen MR) is 53.3 cm³/mol. The van der Waals surface area contributed by atoms with Crippen LogP contribution in [0.2, 0.25) is 0 Å². The number of aromatic nitrogens is 1. The lowest BCUT2D eigenvalue weighted by molar-refractivity contribution is -0.173. The van der Waals surface area contributed by atoms with Crippen molar-refractivity contribution in [2.24, 2.45) is 0 Å². The van der Waals surface area contributed by atoms with Crippen LogP contribution in [-0.2, 0) is 11.2 Å². The molecule has 0 amide bonds. The zero-order chi connectivity index (χ0) is 12.2. The second-order valence-corrected chi connectivity index (χ2v) is 4.40. The molecule has 0 aromatic carbocycles. The average Bonchev–Trinajstić information content (AvgIpc) is 2.59. The maximum absolute atomic E-state index is 11.7. The highest BCUT2D eigenvalue weighted by molar-refractivity contribution is 7.11. The third-order valence-corrected chi connectivity index (χ3v) is 2.94. The van der Waals surface area contributed by atoms with Gasteiger partial charge in [0.25, 0.3) is 0 Å². The Morgan fingerprint density at radius 3 is 2.75 bits per heavy atom. The smallest absolute Gasteiger partial charge is 0.388 e. The number of halogens is 3. The SMILES string of the molecule is CC(O)c1cnc(CCOCC(F)(F)F)s1. The molecule has 7 heteroatoms. The highest BCUT2D eigenvalue weighted by Gasteiger charge is 2.27. The van der Waals surface area contributed by atoms with Gasteiger partial charge in [-0.3, -0.25) is 0 Å². The maximum Gasteiger partial charge on any atom is 0.411 e. The van der Waals surface area contributed by atoms with Gasteiger partial charge < -0.3 is 9.84 Å². The Labute approximate surface area is 94.9 Å². The number of ether oxygens (including phenoxy) is 1. The topological polar surface area (TPSA) is 42.4 Å². The number of nitrogens with zero attached hydrogens (tertiary/aromatic N) is 1. The van der Waals surface area contributed by atoms with Crippen molar-refractivity contribution in [2.45, 2.75) is 25.6 Å². The van der Waals surface area contributed by atoms with Crippen molar-refractivity contribution in [3.63, 3.8) is 0 Å². The van der Waals surface area contributed by atoms with Gasteiger partial charge in [0, 0.05) is 12.6 Å². The molecule has 1 aromatic rings. The van der Waals surface area contributed by atoms with E-state index in [2.05, 4.69) is 9.72 Å². The molecule has 1 unspecified atom stereocenters. The molecule has 1 heterocycles. The summed E-state index contributed by atoms with van der Waals surface area (Å²) in [5, 5.41) is 9.87. The standard InChI is InChI=1S/C9H12F3NO2S/c1-6(14)7-4-13-8(16-7)2-3-15-5-9(10,11)12/h4,6,14H,2-3,5H2,1H3. The Kier molecular flexibility index (Phi) is 4.69. The molecule has 0 bridgehead atoms. The minimum atomic E-state index is -4.28. The van der Waals surface area contributed by atoms with Crippen LogP contribution in [0.25, 0.3) is 0 Å². The summed E-state index contributed by atoms with van der Waals surface area (Å²) in [6.45, 7) is 0.353. The summed E-state index contributed by atoms with van der Waals surface area (Å²) >= 11 is 1.28. The molecule has 3 nitrogen and oxygen atoms in total. The Bertz CT molecular complexity index is 325. The van der Waals surface area contributed by atoms with E-state index in [0.717, 1.165) is 0 Å². The van der Waals surface area contributed by atoms with Gasteiger partial charge >= 0.3 is 6.18 Å². The monoisotopic (exact) mass is 255 g/mol. The molecule has 0 saturated heterocycles. The number of aliphatic hydroxyl groups excluding tert-OH is 1. The fraction of sp³-hybridized carbons (Fsp3) is 0.667. The quantitative estimate of drug-likeness (QED) is 0.821. The number of alkyl halides is 3. The molecule has 92 valence electrons. The van der Waals surface area contributed by atoms with E-state index in [9.17, 15) is 18.3 Å². The first kappa shape index (κ1) is 13.4. The minimum absolute atomic E-state index is 0.0216. The zero-order valence-electron chi connectivity index (χ0n) is 8.62. The van der Waals surface area contributed by atoms with Crippen LogP contribution in [-0.4, -0.2) is 29.5 Å². The fourth-order valence-electron chi connectivity index (χ4n) is 0.980. The highest BCUT2D eigenvalue weighted by Crippen LogP contribution is 2.20. The van der Waals surface area contributed by atoms with Crippen molar-refractivity contribution in [3.05, 3.63) is 16.1 Å². The molecule has 0 spiro atoms. The van der Waals surface area contributed by atoms with Gasteiger partial charge in [-0.25, -0.2) is 4.98 Å². The maximum atomic E-state index is 11.7. The first-order valence-corrected chi connectivity index (χ1v) is 5.47.